The molecule has 0 spiro atoms. The third-order valence-corrected chi connectivity index (χ3v) is 4.99. The predicted molar refractivity (Wildman–Crippen MR) is 75.5 cm³/mol. The van der Waals surface area contributed by atoms with Crippen LogP contribution in [0.2, 0.25) is 0 Å². The van der Waals surface area contributed by atoms with E-state index in [4.69, 9.17) is 5.73 Å². The van der Waals surface area contributed by atoms with Crippen LogP contribution >= 0.6 is 0 Å². The molecule has 0 aromatic carbocycles. The summed E-state index contributed by atoms with van der Waals surface area (Å²) in [5.41, 5.74) is 7.45. The highest BCUT2D eigenvalue weighted by atomic mass is 15.2. The van der Waals surface area contributed by atoms with Gasteiger partial charge in [-0.25, -0.2) is 15.0 Å². The molecule has 1 saturated carbocycles. The zero-order chi connectivity index (χ0) is 13.6. The van der Waals surface area contributed by atoms with Gasteiger partial charge in [-0.2, -0.15) is 0 Å². The normalized spacial score (nSPS) is 31.1. The Morgan fingerprint density at radius 1 is 1.26 bits per heavy atom. The van der Waals surface area contributed by atoms with Crippen LogP contribution in [0.4, 0.5) is 5.82 Å². The van der Waals surface area contributed by atoms with E-state index in [1.54, 1.807) is 0 Å². The van der Waals surface area contributed by atoms with Gasteiger partial charge in [0.2, 0.25) is 0 Å². The summed E-state index contributed by atoms with van der Waals surface area (Å²) in [4.78, 5) is 12.8. The maximum atomic E-state index is 5.86. The van der Waals surface area contributed by atoms with Crippen molar-refractivity contribution in [1.82, 2.24) is 19.5 Å². The molecule has 1 fully saturated rings. The number of hydrogen-bond donors (Lipinski definition) is 1. The summed E-state index contributed by atoms with van der Waals surface area (Å²) in [7, 11) is 0. The summed E-state index contributed by atoms with van der Waals surface area (Å²) in [5, 5.41) is 0. The van der Waals surface area contributed by atoms with Crippen molar-refractivity contribution in [3.05, 3.63) is 12.7 Å². The van der Waals surface area contributed by atoms with E-state index < -0.39 is 0 Å². The second-order valence-electron chi connectivity index (χ2n) is 5.77. The molecule has 0 amide bonds. The number of nitrogen functional groups attached to an aromatic ring is 1. The van der Waals surface area contributed by atoms with Gasteiger partial charge in [-0.15, -0.1) is 0 Å². The minimum Gasteiger partial charge on any atom is -0.382 e. The third kappa shape index (κ3) is 1.79. The highest BCUT2D eigenvalue weighted by molar-refractivity contribution is 5.81. The number of nitrogens with two attached hydrogens (primary N) is 1. The molecule has 2 aromatic rings. The summed E-state index contributed by atoms with van der Waals surface area (Å²) in [6.07, 6.45) is 5.85. The summed E-state index contributed by atoms with van der Waals surface area (Å²) in [6, 6.07) is 0.472. The third-order valence-electron chi connectivity index (χ3n) is 4.99. The highest BCUT2D eigenvalue weighted by Gasteiger charge is 2.38. The number of fused-ring (bicyclic) bond motifs is 1. The van der Waals surface area contributed by atoms with Crippen LogP contribution in [0.25, 0.3) is 11.2 Å². The van der Waals surface area contributed by atoms with E-state index in [2.05, 4.69) is 40.3 Å². The first-order valence-corrected chi connectivity index (χ1v) is 7.06. The van der Waals surface area contributed by atoms with Gasteiger partial charge >= 0.3 is 0 Å². The standard InChI is InChI=1S/C14H21N5/c1-4-10-5-11(9(3)8(10)2)19-7-18-12-13(15)16-6-17-14(12)19/h6-11H,4-5H2,1-3H3,(H2,15,16,17). The Labute approximate surface area is 113 Å². The van der Waals surface area contributed by atoms with Gasteiger partial charge in [0.05, 0.1) is 6.33 Å². The number of aromatic nitrogens is 4. The quantitative estimate of drug-likeness (QED) is 0.900. The molecule has 5 heteroatoms. The Morgan fingerprint density at radius 2 is 2.05 bits per heavy atom. The van der Waals surface area contributed by atoms with Gasteiger partial charge in [0.1, 0.15) is 11.8 Å². The summed E-state index contributed by atoms with van der Waals surface area (Å²) >= 11 is 0. The minimum atomic E-state index is 0.467. The topological polar surface area (TPSA) is 69.6 Å². The van der Waals surface area contributed by atoms with Gasteiger partial charge < -0.3 is 10.3 Å². The average molecular weight is 259 g/mol. The minimum absolute atomic E-state index is 0.467. The van der Waals surface area contributed by atoms with Gasteiger partial charge in [-0.05, 0) is 24.2 Å². The lowest BCUT2D eigenvalue weighted by Gasteiger charge is -2.20. The Bertz CT molecular complexity index is 591. The van der Waals surface area contributed by atoms with Crippen LogP contribution in [0.15, 0.2) is 12.7 Å². The molecular formula is C14H21N5. The van der Waals surface area contributed by atoms with Crippen LogP contribution in [0, 0.1) is 17.8 Å². The van der Waals surface area contributed by atoms with Gasteiger partial charge in [-0.3, -0.25) is 0 Å². The number of nitrogens with zero attached hydrogens (tertiary/aromatic N) is 4. The van der Waals surface area contributed by atoms with Crippen LogP contribution < -0.4 is 5.73 Å². The van der Waals surface area contributed by atoms with Crippen molar-refractivity contribution < 1.29 is 0 Å². The number of rotatable bonds is 2. The fraction of sp³-hybridized carbons (Fsp3) is 0.643. The van der Waals surface area contributed by atoms with Gasteiger partial charge in [0, 0.05) is 6.04 Å². The van der Waals surface area contributed by atoms with E-state index >= 15 is 0 Å². The molecule has 2 heterocycles. The first-order valence-electron chi connectivity index (χ1n) is 7.06. The van der Waals surface area contributed by atoms with Crippen molar-refractivity contribution in [1.29, 1.82) is 0 Å². The van der Waals surface area contributed by atoms with Gasteiger partial charge in [0.15, 0.2) is 11.5 Å². The fourth-order valence-corrected chi connectivity index (χ4v) is 3.54. The lowest BCUT2D eigenvalue weighted by Crippen LogP contribution is -2.14. The summed E-state index contributed by atoms with van der Waals surface area (Å²) in [6.45, 7) is 6.98. The van der Waals surface area contributed by atoms with Crippen molar-refractivity contribution in [3.63, 3.8) is 0 Å². The monoisotopic (exact) mass is 259 g/mol. The smallest absolute Gasteiger partial charge is 0.165 e. The Kier molecular flexibility index (Phi) is 2.92. The van der Waals surface area contributed by atoms with Crippen LogP contribution in [-0.4, -0.2) is 19.5 Å². The largest absolute Gasteiger partial charge is 0.382 e. The molecule has 5 nitrogen and oxygen atoms in total. The molecule has 0 bridgehead atoms. The van der Waals surface area contributed by atoms with E-state index in [0.717, 1.165) is 23.0 Å². The van der Waals surface area contributed by atoms with Crippen LogP contribution in [-0.2, 0) is 0 Å². The van der Waals surface area contributed by atoms with Gasteiger partial charge in [-0.1, -0.05) is 27.2 Å². The highest BCUT2D eigenvalue weighted by Crippen LogP contribution is 2.46. The maximum Gasteiger partial charge on any atom is 0.165 e. The molecule has 102 valence electrons. The van der Waals surface area contributed by atoms with Crippen molar-refractivity contribution in [2.75, 3.05) is 5.73 Å². The predicted octanol–water partition coefficient (Wildman–Crippen LogP) is 2.65. The van der Waals surface area contributed by atoms with Crippen molar-refractivity contribution in [3.8, 4) is 0 Å². The second-order valence-corrected chi connectivity index (χ2v) is 5.77. The first-order chi connectivity index (χ1) is 9.13. The molecule has 0 saturated heterocycles. The average Bonchev–Trinajstić information content (AvgIpc) is 2.94. The summed E-state index contributed by atoms with van der Waals surface area (Å²) < 4.78 is 2.20. The second kappa shape index (κ2) is 4.47. The van der Waals surface area contributed by atoms with Crippen LogP contribution in [0.3, 0.4) is 0 Å². The van der Waals surface area contributed by atoms with E-state index in [-0.39, 0.29) is 0 Å². The van der Waals surface area contributed by atoms with Crippen molar-refractivity contribution in [2.45, 2.75) is 39.7 Å². The van der Waals surface area contributed by atoms with E-state index in [1.165, 1.54) is 19.2 Å². The zero-order valence-electron chi connectivity index (χ0n) is 11.7. The molecule has 2 aromatic heterocycles. The number of anilines is 1. The molecule has 0 aliphatic heterocycles. The van der Waals surface area contributed by atoms with Gasteiger partial charge in [0.25, 0.3) is 0 Å². The SMILES string of the molecule is CCC1CC(n2cnc3c(N)ncnc32)C(C)C1C. The Balaban J connectivity index is 2.04. The van der Waals surface area contributed by atoms with Crippen molar-refractivity contribution >= 4 is 17.0 Å². The fourth-order valence-electron chi connectivity index (χ4n) is 3.54. The zero-order valence-corrected chi connectivity index (χ0v) is 11.7. The lowest BCUT2D eigenvalue weighted by molar-refractivity contribution is 0.327. The molecule has 4 unspecified atom stereocenters. The molecule has 4 atom stereocenters. The molecule has 2 N–H and O–H groups in total. The molecule has 19 heavy (non-hydrogen) atoms. The van der Waals surface area contributed by atoms with E-state index in [0.29, 0.717) is 17.8 Å². The number of hydrogen-bond acceptors (Lipinski definition) is 4. The molecule has 1 aliphatic carbocycles. The molecule has 3 rings (SSSR count). The molecular weight excluding hydrogens is 238 g/mol. The summed E-state index contributed by atoms with van der Waals surface area (Å²) in [5.74, 6) is 2.64. The lowest BCUT2D eigenvalue weighted by atomic mass is 9.90. The first kappa shape index (κ1) is 12.4. The van der Waals surface area contributed by atoms with E-state index in [9.17, 15) is 0 Å². The maximum absolute atomic E-state index is 5.86. The van der Waals surface area contributed by atoms with Crippen molar-refractivity contribution in [2.24, 2.45) is 17.8 Å². The van der Waals surface area contributed by atoms with Crippen LogP contribution in [0.1, 0.15) is 39.7 Å². The van der Waals surface area contributed by atoms with Crippen LogP contribution in [0.5, 0.6) is 0 Å². The molecule has 0 radical (unpaired) electrons. The Morgan fingerprint density at radius 3 is 2.74 bits per heavy atom. The Hall–Kier alpha value is -1.65. The number of imidazole rings is 1. The molecule has 1 aliphatic rings. The van der Waals surface area contributed by atoms with E-state index in [1.807, 2.05) is 6.33 Å².